The second-order valence-corrected chi connectivity index (χ2v) is 9.95. The van der Waals surface area contributed by atoms with Crippen LogP contribution in [-0.4, -0.2) is 6.54 Å². The summed E-state index contributed by atoms with van der Waals surface area (Å²) in [6, 6.07) is 30.3. The van der Waals surface area contributed by atoms with Crippen LogP contribution in [0.5, 0.6) is 0 Å². The Morgan fingerprint density at radius 1 is 0.786 bits per heavy atom. The van der Waals surface area contributed by atoms with Crippen LogP contribution in [0.15, 0.2) is 97.1 Å². The van der Waals surface area contributed by atoms with Gasteiger partial charge in [-0.1, -0.05) is 72.8 Å². The van der Waals surface area contributed by atoms with Crippen LogP contribution in [0.3, 0.4) is 0 Å². The number of hydrogen-bond donors (Lipinski definition) is 1. The van der Waals surface area contributed by atoms with Gasteiger partial charge in [0.25, 0.3) is 0 Å². The summed E-state index contributed by atoms with van der Waals surface area (Å²) >= 11 is 0. The van der Waals surface area contributed by atoms with Crippen molar-refractivity contribution in [2.24, 2.45) is 5.92 Å². The standard InChI is InChI=1S/C25H26NOP/c27-28(24-15-6-2-7-16-24,25-17-8-3-9-18-25)26-20-21-11-10-14-23(19-21)22-12-4-1-5-13-22/h1-9,12-18,21H,10-11,19-20H2,(H,26,27). The summed E-state index contributed by atoms with van der Waals surface area (Å²) in [5.74, 6) is 0.487. The van der Waals surface area contributed by atoms with E-state index in [0.717, 1.165) is 36.4 Å². The van der Waals surface area contributed by atoms with Gasteiger partial charge in [0.1, 0.15) is 0 Å². The minimum Gasteiger partial charge on any atom is -0.297 e. The van der Waals surface area contributed by atoms with E-state index in [0.29, 0.717) is 5.92 Å². The molecule has 0 saturated heterocycles. The van der Waals surface area contributed by atoms with Crippen molar-refractivity contribution in [3.8, 4) is 0 Å². The first-order valence-corrected chi connectivity index (χ1v) is 11.7. The number of hydrogen-bond acceptors (Lipinski definition) is 1. The van der Waals surface area contributed by atoms with Gasteiger partial charge in [0, 0.05) is 17.2 Å². The topological polar surface area (TPSA) is 29.1 Å². The van der Waals surface area contributed by atoms with Crippen LogP contribution in [0, 0.1) is 5.92 Å². The molecule has 3 heteroatoms. The number of benzene rings is 3. The van der Waals surface area contributed by atoms with Gasteiger partial charge in [0.05, 0.1) is 0 Å². The Labute approximate surface area is 167 Å². The van der Waals surface area contributed by atoms with Gasteiger partial charge < -0.3 is 0 Å². The molecule has 0 aliphatic heterocycles. The van der Waals surface area contributed by atoms with Gasteiger partial charge >= 0.3 is 0 Å². The highest BCUT2D eigenvalue weighted by Gasteiger charge is 2.28. The maximum absolute atomic E-state index is 14.1. The van der Waals surface area contributed by atoms with E-state index in [2.05, 4.69) is 41.5 Å². The Balaban J connectivity index is 1.53. The Morgan fingerprint density at radius 3 is 1.89 bits per heavy atom. The Hall–Kier alpha value is -2.41. The van der Waals surface area contributed by atoms with Crippen LogP contribution in [0.4, 0.5) is 0 Å². The van der Waals surface area contributed by atoms with E-state index in [1.165, 1.54) is 11.1 Å². The molecular formula is C25H26NOP. The summed E-state index contributed by atoms with van der Waals surface area (Å²) < 4.78 is 14.1. The predicted molar refractivity (Wildman–Crippen MR) is 120 cm³/mol. The fraction of sp³-hybridized carbons (Fsp3) is 0.200. The molecule has 3 aromatic carbocycles. The molecule has 142 valence electrons. The maximum atomic E-state index is 14.1. The molecule has 1 unspecified atom stereocenters. The van der Waals surface area contributed by atoms with E-state index < -0.39 is 7.29 Å². The largest absolute Gasteiger partial charge is 0.297 e. The van der Waals surface area contributed by atoms with Crippen molar-refractivity contribution in [1.82, 2.24) is 5.09 Å². The third-order valence-electron chi connectivity index (χ3n) is 5.46. The van der Waals surface area contributed by atoms with E-state index in [9.17, 15) is 4.57 Å². The summed E-state index contributed by atoms with van der Waals surface area (Å²) in [6.45, 7) is 0.755. The highest BCUT2D eigenvalue weighted by Crippen LogP contribution is 2.40. The Kier molecular flexibility index (Phi) is 5.90. The molecule has 0 fully saturated rings. The van der Waals surface area contributed by atoms with Crippen molar-refractivity contribution in [1.29, 1.82) is 0 Å². The molecule has 1 aliphatic rings. The quantitative estimate of drug-likeness (QED) is 0.575. The van der Waals surface area contributed by atoms with Crippen LogP contribution in [-0.2, 0) is 4.57 Å². The van der Waals surface area contributed by atoms with Gasteiger partial charge in [0.2, 0.25) is 7.29 Å². The van der Waals surface area contributed by atoms with Crippen molar-refractivity contribution in [2.75, 3.05) is 6.54 Å². The molecule has 28 heavy (non-hydrogen) atoms. The first-order valence-electron chi connectivity index (χ1n) is 9.96. The average molecular weight is 387 g/mol. The van der Waals surface area contributed by atoms with Gasteiger partial charge in [-0.3, -0.25) is 9.65 Å². The fourth-order valence-corrected chi connectivity index (χ4v) is 6.28. The first kappa shape index (κ1) is 18.9. The lowest BCUT2D eigenvalue weighted by Crippen LogP contribution is -2.31. The molecule has 0 radical (unpaired) electrons. The summed E-state index contributed by atoms with van der Waals surface area (Å²) in [4.78, 5) is 0. The molecule has 4 rings (SSSR count). The lowest BCUT2D eigenvalue weighted by molar-refractivity contribution is 0.478. The second kappa shape index (κ2) is 8.73. The van der Waals surface area contributed by atoms with E-state index in [1.807, 2.05) is 60.7 Å². The van der Waals surface area contributed by atoms with Gasteiger partial charge in [-0.05, 0) is 60.6 Å². The molecule has 3 aromatic rings. The minimum atomic E-state index is -2.85. The zero-order valence-electron chi connectivity index (χ0n) is 16.0. The number of rotatable bonds is 6. The Morgan fingerprint density at radius 2 is 1.32 bits per heavy atom. The predicted octanol–water partition coefficient (Wildman–Crippen LogP) is 5.39. The molecule has 0 saturated carbocycles. The maximum Gasteiger partial charge on any atom is 0.204 e. The normalized spacial score (nSPS) is 17.1. The van der Waals surface area contributed by atoms with Gasteiger partial charge in [-0.15, -0.1) is 0 Å². The van der Waals surface area contributed by atoms with Gasteiger partial charge in [-0.2, -0.15) is 0 Å². The molecule has 0 amide bonds. The molecule has 1 atom stereocenters. The van der Waals surface area contributed by atoms with E-state index in [1.54, 1.807) is 0 Å². The highest BCUT2D eigenvalue weighted by atomic mass is 31.2. The first-order chi connectivity index (χ1) is 13.8. The second-order valence-electron chi connectivity index (χ2n) is 7.39. The molecule has 0 bridgehead atoms. The summed E-state index contributed by atoms with van der Waals surface area (Å²) in [5.41, 5.74) is 2.72. The SMILES string of the molecule is O=P(NCC1CCC=C(c2ccccc2)C1)(c1ccccc1)c1ccccc1. The third-order valence-corrected chi connectivity index (χ3v) is 8.14. The van der Waals surface area contributed by atoms with Crippen LogP contribution in [0.25, 0.3) is 5.57 Å². The van der Waals surface area contributed by atoms with Crippen LogP contribution in [0.2, 0.25) is 0 Å². The lowest BCUT2D eigenvalue weighted by Gasteiger charge is -2.27. The van der Waals surface area contributed by atoms with Crippen molar-refractivity contribution in [2.45, 2.75) is 19.3 Å². The molecular weight excluding hydrogens is 361 g/mol. The fourth-order valence-electron chi connectivity index (χ4n) is 3.92. The summed E-state index contributed by atoms with van der Waals surface area (Å²) in [6.07, 6.45) is 5.60. The van der Waals surface area contributed by atoms with Crippen LogP contribution < -0.4 is 15.7 Å². The van der Waals surface area contributed by atoms with Gasteiger partial charge in [-0.25, -0.2) is 0 Å². The van der Waals surface area contributed by atoms with Crippen molar-refractivity contribution in [3.63, 3.8) is 0 Å². The van der Waals surface area contributed by atoms with Gasteiger partial charge in [0.15, 0.2) is 0 Å². The molecule has 2 nitrogen and oxygen atoms in total. The molecule has 1 N–H and O–H groups in total. The molecule has 1 aliphatic carbocycles. The summed E-state index contributed by atoms with van der Waals surface area (Å²) in [5, 5.41) is 5.24. The van der Waals surface area contributed by atoms with E-state index in [4.69, 9.17) is 0 Å². The summed E-state index contributed by atoms with van der Waals surface area (Å²) in [7, 11) is -2.85. The van der Waals surface area contributed by atoms with Crippen molar-refractivity contribution in [3.05, 3.63) is 103 Å². The smallest absolute Gasteiger partial charge is 0.204 e. The zero-order chi connectivity index (χ0) is 19.2. The van der Waals surface area contributed by atoms with E-state index >= 15 is 0 Å². The van der Waals surface area contributed by atoms with Crippen LogP contribution >= 0.6 is 7.29 Å². The zero-order valence-corrected chi connectivity index (χ0v) is 16.9. The highest BCUT2D eigenvalue weighted by molar-refractivity contribution is 7.76. The number of nitrogens with one attached hydrogen (secondary N) is 1. The monoisotopic (exact) mass is 387 g/mol. The third kappa shape index (κ3) is 4.19. The molecule has 0 heterocycles. The lowest BCUT2D eigenvalue weighted by atomic mass is 9.86. The van der Waals surface area contributed by atoms with Crippen molar-refractivity contribution >= 4 is 23.5 Å². The van der Waals surface area contributed by atoms with E-state index in [-0.39, 0.29) is 0 Å². The molecule has 0 spiro atoms. The Bertz CT molecular complexity index is 924. The van der Waals surface area contributed by atoms with Crippen molar-refractivity contribution < 1.29 is 4.57 Å². The average Bonchev–Trinajstić information content (AvgIpc) is 2.79. The van der Waals surface area contributed by atoms with Crippen LogP contribution in [0.1, 0.15) is 24.8 Å². The molecule has 0 aromatic heterocycles. The number of allylic oxidation sites excluding steroid dienone is 2. The minimum absolute atomic E-state index is 0.487.